The van der Waals surface area contributed by atoms with Gasteiger partial charge in [0.25, 0.3) is 0 Å². The Kier molecular flexibility index (Phi) is 25.2. The van der Waals surface area contributed by atoms with Crippen LogP contribution >= 0.6 is 0 Å². The fourth-order valence-electron chi connectivity index (χ4n) is 0.417. The van der Waals surface area contributed by atoms with Crippen LogP contribution in [0.25, 0.3) is 0 Å². The molecule has 0 radical (unpaired) electrons. The van der Waals surface area contributed by atoms with Crippen molar-refractivity contribution in [2.24, 2.45) is 0 Å². The summed E-state index contributed by atoms with van der Waals surface area (Å²) < 4.78 is 0. The predicted octanol–water partition coefficient (Wildman–Crippen LogP) is -8.19. The van der Waals surface area contributed by atoms with Crippen LogP contribution < -0.4 is 74.6 Å². The van der Waals surface area contributed by atoms with Crippen LogP contribution in [0, 0.1) is 0 Å². The van der Waals surface area contributed by atoms with Crippen LogP contribution in [-0.4, -0.2) is 23.9 Å². The Balaban J connectivity index is -0.000000123. The summed E-state index contributed by atoms with van der Waals surface area (Å²) in [6.45, 7) is 5.35. The van der Waals surface area contributed by atoms with Crippen molar-refractivity contribution in [2.75, 3.05) is 0 Å². The van der Waals surface area contributed by atoms with Crippen LogP contribution in [0.5, 0.6) is 0 Å². The molecule has 88 valence electrons. The quantitative estimate of drug-likeness (QED) is 0.400. The molecule has 17 heavy (non-hydrogen) atoms. The normalized spacial score (nSPS) is 7.76. The van der Waals surface area contributed by atoms with E-state index in [1.165, 1.54) is 12.8 Å². The molecular formula is C9H15NNa2O5. The van der Waals surface area contributed by atoms with Crippen LogP contribution in [0.4, 0.5) is 0 Å². The third-order valence-electron chi connectivity index (χ3n) is 1.32. The summed E-state index contributed by atoms with van der Waals surface area (Å²) in [7, 11) is 0. The molecule has 0 heterocycles. The molecule has 0 aromatic carbocycles. The maximum atomic E-state index is 10.2. The maximum Gasteiger partial charge on any atom is 1.00 e. The monoisotopic (exact) mass is 263 g/mol. The summed E-state index contributed by atoms with van der Waals surface area (Å²) in [4.78, 5) is 30.0. The number of carboxylic acids is 2. The number of carbonyl (C=O) groups excluding carboxylic acids is 3. The molecule has 8 heteroatoms. The molecule has 1 amide bonds. The third kappa shape index (κ3) is 18.9. The molecule has 0 aliphatic rings. The number of amides is 1. The zero-order valence-corrected chi connectivity index (χ0v) is 15.0. The SMILES string of the molecule is CC(=O)NC(C(=O)[O-])C(=O)[O-].CCCC.[Na+].[Na+]. The van der Waals surface area contributed by atoms with E-state index in [2.05, 4.69) is 13.8 Å². The minimum absolute atomic E-state index is 0. The Morgan fingerprint density at radius 3 is 1.35 bits per heavy atom. The van der Waals surface area contributed by atoms with Crippen molar-refractivity contribution in [3.63, 3.8) is 0 Å². The maximum absolute atomic E-state index is 10.2. The van der Waals surface area contributed by atoms with Gasteiger partial charge in [0.2, 0.25) is 5.91 Å². The van der Waals surface area contributed by atoms with Gasteiger partial charge in [0.05, 0.1) is 11.9 Å². The molecule has 0 unspecified atom stereocenters. The van der Waals surface area contributed by atoms with Gasteiger partial charge in [-0.05, 0) is 0 Å². The van der Waals surface area contributed by atoms with Gasteiger partial charge in [-0.25, -0.2) is 0 Å². The standard InChI is InChI=1S/C5H7NO5.C4H10.2Na/c1-2(7)6-3(4(8)9)5(10)11;1-3-4-2;;/h3H,1H3,(H,6,7)(H,8,9)(H,10,11);3-4H2,1-2H3;;/q;;2*+1/p-2. The largest absolute Gasteiger partial charge is 1.00 e. The molecular weight excluding hydrogens is 248 g/mol. The molecule has 0 bridgehead atoms. The zero-order valence-electron chi connectivity index (χ0n) is 11.0. The van der Waals surface area contributed by atoms with Crippen molar-refractivity contribution in [1.82, 2.24) is 5.32 Å². The topological polar surface area (TPSA) is 109 Å². The van der Waals surface area contributed by atoms with E-state index >= 15 is 0 Å². The molecule has 0 aliphatic heterocycles. The average molecular weight is 263 g/mol. The molecule has 0 saturated heterocycles. The van der Waals surface area contributed by atoms with Crippen LogP contribution in [0.15, 0.2) is 0 Å². The number of aliphatic carboxylic acids is 2. The van der Waals surface area contributed by atoms with Crippen LogP contribution in [0.1, 0.15) is 33.6 Å². The van der Waals surface area contributed by atoms with E-state index in [4.69, 9.17) is 0 Å². The number of rotatable bonds is 4. The van der Waals surface area contributed by atoms with Crippen LogP contribution in [0.3, 0.4) is 0 Å². The predicted molar refractivity (Wildman–Crippen MR) is 48.2 cm³/mol. The van der Waals surface area contributed by atoms with Crippen molar-refractivity contribution < 1.29 is 83.7 Å². The number of hydrogen-bond acceptors (Lipinski definition) is 5. The summed E-state index contributed by atoms with van der Waals surface area (Å²) in [6, 6.07) is -2.08. The van der Waals surface area contributed by atoms with Gasteiger partial charge < -0.3 is 25.1 Å². The summed E-state index contributed by atoms with van der Waals surface area (Å²) >= 11 is 0. The first kappa shape index (κ1) is 26.1. The zero-order chi connectivity index (χ0) is 12.4. The van der Waals surface area contributed by atoms with E-state index in [-0.39, 0.29) is 59.1 Å². The van der Waals surface area contributed by atoms with Gasteiger partial charge >= 0.3 is 59.1 Å². The second kappa shape index (κ2) is 16.4. The van der Waals surface area contributed by atoms with Gasteiger partial charge in [-0.15, -0.1) is 0 Å². The number of hydrogen-bond donors (Lipinski definition) is 1. The summed E-state index contributed by atoms with van der Waals surface area (Å²) in [5.74, 6) is -4.58. The Hall–Kier alpha value is 0.410. The third-order valence-corrected chi connectivity index (χ3v) is 1.32. The van der Waals surface area contributed by atoms with Crippen LogP contribution in [-0.2, 0) is 14.4 Å². The van der Waals surface area contributed by atoms with Gasteiger partial charge in [-0.3, -0.25) is 4.79 Å². The number of unbranched alkanes of at least 4 members (excludes halogenated alkanes) is 1. The number of carbonyl (C=O) groups is 3. The van der Waals surface area contributed by atoms with E-state index in [1.807, 2.05) is 0 Å². The van der Waals surface area contributed by atoms with Crippen LogP contribution in [0.2, 0.25) is 0 Å². The smallest absolute Gasteiger partial charge is 0.547 e. The van der Waals surface area contributed by atoms with Crippen molar-refractivity contribution in [1.29, 1.82) is 0 Å². The minimum atomic E-state index is -2.08. The molecule has 0 spiro atoms. The summed E-state index contributed by atoms with van der Waals surface area (Å²) in [6.07, 6.45) is 2.64. The van der Waals surface area contributed by atoms with Gasteiger partial charge in [-0.1, -0.05) is 26.7 Å². The second-order valence-corrected chi connectivity index (χ2v) is 2.77. The first-order chi connectivity index (χ1) is 6.86. The van der Waals surface area contributed by atoms with E-state index in [1.54, 1.807) is 5.32 Å². The van der Waals surface area contributed by atoms with Crippen molar-refractivity contribution in [3.05, 3.63) is 0 Å². The molecule has 0 rings (SSSR count). The second-order valence-electron chi connectivity index (χ2n) is 2.77. The molecule has 1 N–H and O–H groups in total. The number of carboxylic acid groups (broad SMARTS) is 2. The minimum Gasteiger partial charge on any atom is -0.547 e. The molecule has 0 aromatic rings. The fourth-order valence-corrected chi connectivity index (χ4v) is 0.417. The summed E-state index contributed by atoms with van der Waals surface area (Å²) in [5, 5.41) is 21.5. The van der Waals surface area contributed by atoms with E-state index < -0.39 is 23.9 Å². The van der Waals surface area contributed by atoms with Gasteiger partial charge in [0.1, 0.15) is 6.04 Å². The van der Waals surface area contributed by atoms with E-state index in [9.17, 15) is 24.6 Å². The molecule has 0 saturated carbocycles. The van der Waals surface area contributed by atoms with Crippen molar-refractivity contribution in [3.8, 4) is 0 Å². The van der Waals surface area contributed by atoms with E-state index in [0.717, 1.165) is 6.92 Å². The molecule has 0 aromatic heterocycles. The molecule has 0 fully saturated rings. The first-order valence-corrected chi connectivity index (χ1v) is 4.55. The van der Waals surface area contributed by atoms with Crippen molar-refractivity contribution in [2.45, 2.75) is 39.7 Å². The summed E-state index contributed by atoms with van der Waals surface area (Å²) in [5.41, 5.74) is 0. The van der Waals surface area contributed by atoms with Gasteiger partial charge in [-0.2, -0.15) is 0 Å². The Morgan fingerprint density at radius 2 is 1.29 bits per heavy atom. The molecule has 6 nitrogen and oxygen atoms in total. The Labute approximate surface area is 145 Å². The fraction of sp³-hybridized carbons (Fsp3) is 0.667. The number of nitrogens with one attached hydrogen (secondary N) is 1. The van der Waals surface area contributed by atoms with Gasteiger partial charge in [0.15, 0.2) is 0 Å². The Bertz CT molecular complexity index is 219. The average Bonchev–Trinajstić information content (AvgIpc) is 2.13. The Morgan fingerprint density at radius 1 is 1.00 bits per heavy atom. The van der Waals surface area contributed by atoms with E-state index in [0.29, 0.717) is 0 Å². The first-order valence-electron chi connectivity index (χ1n) is 4.55. The van der Waals surface area contributed by atoms with Crippen molar-refractivity contribution >= 4 is 17.8 Å². The van der Waals surface area contributed by atoms with Gasteiger partial charge in [0, 0.05) is 6.92 Å². The molecule has 0 atom stereocenters. The molecule has 0 aliphatic carbocycles.